The van der Waals surface area contributed by atoms with Crippen LogP contribution in [0.15, 0.2) is 30.6 Å². The van der Waals surface area contributed by atoms with Gasteiger partial charge in [0.05, 0.1) is 17.9 Å². The van der Waals surface area contributed by atoms with Crippen LogP contribution in [0.25, 0.3) is 10.2 Å². The molecule has 0 fully saturated rings. The normalized spacial score (nSPS) is 16.6. The molecule has 0 saturated heterocycles. The zero-order valence-electron chi connectivity index (χ0n) is 13.5. The lowest BCUT2D eigenvalue weighted by Gasteiger charge is -2.18. The average molecular weight is 335 g/mol. The number of fused-ring (bicyclic) bond motifs is 3. The van der Waals surface area contributed by atoms with Crippen LogP contribution in [0, 0.1) is 17.2 Å². The number of nitrogens with zero attached hydrogens (tertiary/aromatic N) is 3. The first kappa shape index (κ1) is 15.1. The number of aryl methyl sites for hydroxylation is 1. The number of benzene rings is 1. The highest BCUT2D eigenvalue weighted by Gasteiger charge is 2.23. The molecule has 1 aromatic carbocycles. The zero-order valence-corrected chi connectivity index (χ0v) is 14.3. The second-order valence-electron chi connectivity index (χ2n) is 6.29. The maximum atomic E-state index is 8.75. The molecule has 0 aliphatic heterocycles. The standard InChI is InChI=1S/C19H17N3OS/c1-12-2-7-15-16(10-12)24-19-17(15)18(21-11-22-19)23-14-5-3-13(4-6-14)8-9-20/h3-6,11-12H,2,7-8,10H2,1H3/t12-/m0/s1. The lowest BCUT2D eigenvalue weighted by molar-refractivity contribution is 0.466. The van der Waals surface area contributed by atoms with Crippen LogP contribution in [0.2, 0.25) is 0 Å². The van der Waals surface area contributed by atoms with Crippen LogP contribution >= 0.6 is 11.3 Å². The Bertz CT molecular complexity index is 924. The van der Waals surface area contributed by atoms with Gasteiger partial charge in [-0.1, -0.05) is 19.1 Å². The number of hydrogen-bond acceptors (Lipinski definition) is 5. The van der Waals surface area contributed by atoms with E-state index in [0.717, 1.165) is 40.3 Å². The van der Waals surface area contributed by atoms with Gasteiger partial charge in [0.25, 0.3) is 0 Å². The Kier molecular flexibility index (Phi) is 3.91. The smallest absolute Gasteiger partial charge is 0.231 e. The van der Waals surface area contributed by atoms with E-state index in [9.17, 15) is 0 Å². The van der Waals surface area contributed by atoms with Crippen molar-refractivity contribution >= 4 is 21.6 Å². The van der Waals surface area contributed by atoms with Gasteiger partial charge in [0.15, 0.2) is 0 Å². The van der Waals surface area contributed by atoms with Crippen molar-refractivity contribution in [3.8, 4) is 17.7 Å². The molecule has 0 N–H and O–H groups in total. The average Bonchev–Trinajstić information content (AvgIpc) is 2.95. The van der Waals surface area contributed by atoms with Gasteiger partial charge < -0.3 is 4.74 Å². The molecule has 0 spiro atoms. The summed E-state index contributed by atoms with van der Waals surface area (Å²) in [6.45, 7) is 2.30. The fourth-order valence-electron chi connectivity index (χ4n) is 3.20. The Morgan fingerprint density at radius 3 is 2.92 bits per heavy atom. The summed E-state index contributed by atoms with van der Waals surface area (Å²) in [5, 5.41) is 9.83. The molecule has 0 unspecified atom stereocenters. The molecular formula is C19H17N3OS. The molecule has 120 valence electrons. The molecule has 2 heterocycles. The van der Waals surface area contributed by atoms with Crippen molar-refractivity contribution in [2.45, 2.75) is 32.6 Å². The van der Waals surface area contributed by atoms with Crippen molar-refractivity contribution in [3.05, 3.63) is 46.6 Å². The van der Waals surface area contributed by atoms with E-state index in [-0.39, 0.29) is 0 Å². The van der Waals surface area contributed by atoms with Gasteiger partial charge in [0.2, 0.25) is 5.88 Å². The van der Waals surface area contributed by atoms with E-state index >= 15 is 0 Å². The molecule has 0 bridgehead atoms. The van der Waals surface area contributed by atoms with Gasteiger partial charge >= 0.3 is 0 Å². The van der Waals surface area contributed by atoms with Crippen molar-refractivity contribution < 1.29 is 4.74 Å². The summed E-state index contributed by atoms with van der Waals surface area (Å²) in [5.74, 6) is 2.11. The predicted octanol–water partition coefficient (Wildman–Crippen LogP) is 4.67. The Balaban J connectivity index is 1.70. The van der Waals surface area contributed by atoms with E-state index in [4.69, 9.17) is 10.00 Å². The highest BCUT2D eigenvalue weighted by Crippen LogP contribution is 2.41. The minimum atomic E-state index is 0.411. The molecule has 1 aliphatic rings. The van der Waals surface area contributed by atoms with E-state index in [1.807, 2.05) is 24.3 Å². The molecule has 4 nitrogen and oxygen atoms in total. The monoisotopic (exact) mass is 335 g/mol. The first-order valence-corrected chi connectivity index (χ1v) is 8.95. The maximum absolute atomic E-state index is 8.75. The highest BCUT2D eigenvalue weighted by atomic mass is 32.1. The van der Waals surface area contributed by atoms with Crippen LogP contribution in [-0.2, 0) is 19.3 Å². The maximum Gasteiger partial charge on any atom is 0.231 e. The molecule has 0 saturated carbocycles. The molecule has 24 heavy (non-hydrogen) atoms. The summed E-state index contributed by atoms with van der Waals surface area (Å²) in [5.41, 5.74) is 2.35. The summed E-state index contributed by atoms with van der Waals surface area (Å²) in [4.78, 5) is 11.3. The summed E-state index contributed by atoms with van der Waals surface area (Å²) in [6.07, 6.45) is 5.39. The number of aromatic nitrogens is 2. The third kappa shape index (κ3) is 2.74. The molecule has 4 rings (SSSR count). The van der Waals surface area contributed by atoms with Crippen molar-refractivity contribution in [2.75, 3.05) is 0 Å². The number of hydrogen-bond donors (Lipinski definition) is 0. The molecule has 0 radical (unpaired) electrons. The lowest BCUT2D eigenvalue weighted by Crippen LogP contribution is -2.08. The zero-order chi connectivity index (χ0) is 16.5. The third-order valence-electron chi connectivity index (χ3n) is 4.48. The first-order chi connectivity index (χ1) is 11.7. The molecule has 2 aromatic heterocycles. The summed E-state index contributed by atoms with van der Waals surface area (Å²) < 4.78 is 6.05. The van der Waals surface area contributed by atoms with Gasteiger partial charge in [-0.15, -0.1) is 11.3 Å². The predicted molar refractivity (Wildman–Crippen MR) is 94.4 cm³/mol. The lowest BCUT2D eigenvalue weighted by atomic mass is 9.89. The van der Waals surface area contributed by atoms with Crippen LogP contribution in [0.3, 0.4) is 0 Å². The Morgan fingerprint density at radius 2 is 2.12 bits per heavy atom. The molecule has 3 aromatic rings. The summed E-state index contributed by atoms with van der Waals surface area (Å²) >= 11 is 1.77. The van der Waals surface area contributed by atoms with Crippen molar-refractivity contribution in [1.82, 2.24) is 9.97 Å². The summed E-state index contributed by atoms with van der Waals surface area (Å²) in [7, 11) is 0. The highest BCUT2D eigenvalue weighted by molar-refractivity contribution is 7.18. The number of thiophene rings is 1. The van der Waals surface area contributed by atoms with E-state index < -0.39 is 0 Å². The number of nitriles is 1. The van der Waals surface area contributed by atoms with Gasteiger partial charge in [0, 0.05) is 4.88 Å². The van der Waals surface area contributed by atoms with Crippen LogP contribution < -0.4 is 4.74 Å². The van der Waals surface area contributed by atoms with Gasteiger partial charge in [-0.2, -0.15) is 5.26 Å². The van der Waals surface area contributed by atoms with Crippen LogP contribution in [0.1, 0.15) is 29.3 Å². The molecule has 1 atom stereocenters. The third-order valence-corrected chi connectivity index (χ3v) is 5.64. The Labute approximate surface area is 144 Å². The molecule has 0 amide bonds. The summed E-state index contributed by atoms with van der Waals surface area (Å²) in [6, 6.07) is 9.77. The second kappa shape index (κ2) is 6.21. The van der Waals surface area contributed by atoms with Crippen molar-refractivity contribution in [1.29, 1.82) is 5.26 Å². The fourth-order valence-corrected chi connectivity index (χ4v) is 4.54. The number of rotatable bonds is 3. The van der Waals surface area contributed by atoms with E-state index in [1.165, 1.54) is 16.9 Å². The Morgan fingerprint density at radius 1 is 1.29 bits per heavy atom. The molecule has 5 heteroatoms. The van der Waals surface area contributed by atoms with Crippen LogP contribution in [-0.4, -0.2) is 9.97 Å². The van der Waals surface area contributed by atoms with Crippen molar-refractivity contribution in [3.63, 3.8) is 0 Å². The fraction of sp³-hybridized carbons (Fsp3) is 0.316. The van der Waals surface area contributed by atoms with E-state index in [1.54, 1.807) is 17.7 Å². The van der Waals surface area contributed by atoms with Crippen LogP contribution in [0.5, 0.6) is 11.6 Å². The number of ether oxygens (including phenoxy) is 1. The second-order valence-corrected chi connectivity index (χ2v) is 7.38. The SMILES string of the molecule is C[C@H]1CCc2c(sc3ncnc(Oc4ccc(CC#N)cc4)c23)C1. The van der Waals surface area contributed by atoms with E-state index in [0.29, 0.717) is 12.3 Å². The van der Waals surface area contributed by atoms with Gasteiger partial charge in [-0.05, 0) is 48.4 Å². The van der Waals surface area contributed by atoms with Gasteiger partial charge in [0.1, 0.15) is 16.9 Å². The minimum absolute atomic E-state index is 0.411. The van der Waals surface area contributed by atoms with Gasteiger partial charge in [-0.25, -0.2) is 9.97 Å². The molecular weight excluding hydrogens is 318 g/mol. The quantitative estimate of drug-likeness (QED) is 0.697. The minimum Gasteiger partial charge on any atom is -0.438 e. The first-order valence-electron chi connectivity index (χ1n) is 8.13. The van der Waals surface area contributed by atoms with Crippen molar-refractivity contribution in [2.24, 2.45) is 5.92 Å². The Hall–Kier alpha value is -2.45. The van der Waals surface area contributed by atoms with Crippen LogP contribution in [0.4, 0.5) is 0 Å². The topological polar surface area (TPSA) is 58.8 Å². The molecule has 1 aliphatic carbocycles. The van der Waals surface area contributed by atoms with E-state index in [2.05, 4.69) is 23.0 Å². The largest absolute Gasteiger partial charge is 0.438 e. The van der Waals surface area contributed by atoms with Gasteiger partial charge in [-0.3, -0.25) is 0 Å².